The zero-order chi connectivity index (χ0) is 12.1. The molecular formula is C14H17N3. The van der Waals surface area contributed by atoms with Crippen molar-refractivity contribution in [3.8, 4) is 0 Å². The minimum atomic E-state index is 0.136. The molecule has 2 aromatic rings. The van der Waals surface area contributed by atoms with Crippen LogP contribution in [0, 0.1) is 6.92 Å². The van der Waals surface area contributed by atoms with E-state index in [0.29, 0.717) is 0 Å². The molecule has 1 aromatic carbocycles. The number of nitrogens with two attached hydrogens (primary N) is 1. The Hall–Kier alpha value is -1.71. The Morgan fingerprint density at radius 1 is 1.24 bits per heavy atom. The molecule has 0 saturated carbocycles. The lowest BCUT2D eigenvalue weighted by atomic mass is 9.99. The van der Waals surface area contributed by atoms with Crippen LogP contribution in [-0.4, -0.2) is 4.98 Å². The van der Waals surface area contributed by atoms with Gasteiger partial charge in [-0.05, 0) is 36.6 Å². The van der Waals surface area contributed by atoms with Crippen LogP contribution in [-0.2, 0) is 6.42 Å². The Kier molecular flexibility index (Phi) is 3.85. The largest absolute Gasteiger partial charge is 0.271 e. The van der Waals surface area contributed by atoms with E-state index in [1.807, 2.05) is 12.1 Å². The topological polar surface area (TPSA) is 50.9 Å². The maximum Gasteiger partial charge on any atom is 0.0500 e. The molecule has 0 saturated heterocycles. The lowest BCUT2D eigenvalue weighted by Crippen LogP contribution is -2.29. The van der Waals surface area contributed by atoms with Gasteiger partial charge >= 0.3 is 0 Å². The van der Waals surface area contributed by atoms with E-state index in [1.54, 1.807) is 12.4 Å². The second-order valence-corrected chi connectivity index (χ2v) is 4.19. The minimum Gasteiger partial charge on any atom is -0.271 e. The van der Waals surface area contributed by atoms with Gasteiger partial charge in [0.15, 0.2) is 0 Å². The van der Waals surface area contributed by atoms with Crippen LogP contribution in [0.25, 0.3) is 0 Å². The Bertz CT molecular complexity index is 468. The van der Waals surface area contributed by atoms with Crippen molar-refractivity contribution >= 4 is 0 Å². The zero-order valence-electron chi connectivity index (χ0n) is 9.93. The van der Waals surface area contributed by atoms with E-state index < -0.39 is 0 Å². The maximum absolute atomic E-state index is 5.64. The van der Waals surface area contributed by atoms with Crippen LogP contribution < -0.4 is 11.3 Å². The summed E-state index contributed by atoms with van der Waals surface area (Å²) >= 11 is 0. The number of rotatable bonds is 4. The van der Waals surface area contributed by atoms with Gasteiger partial charge in [-0.15, -0.1) is 0 Å². The molecule has 3 nitrogen and oxygen atoms in total. The molecule has 0 aliphatic carbocycles. The number of nitrogens with zero attached hydrogens (tertiary/aromatic N) is 1. The van der Waals surface area contributed by atoms with Crippen molar-refractivity contribution < 1.29 is 0 Å². The molecule has 1 aromatic heterocycles. The smallest absolute Gasteiger partial charge is 0.0500 e. The Labute approximate surface area is 102 Å². The molecule has 17 heavy (non-hydrogen) atoms. The molecule has 2 rings (SSSR count). The molecule has 0 radical (unpaired) electrons. The molecule has 1 unspecified atom stereocenters. The number of hydrogen-bond donors (Lipinski definition) is 2. The van der Waals surface area contributed by atoms with Gasteiger partial charge in [0.05, 0.1) is 0 Å². The minimum absolute atomic E-state index is 0.136. The summed E-state index contributed by atoms with van der Waals surface area (Å²) in [6, 6.07) is 12.6. The van der Waals surface area contributed by atoms with Gasteiger partial charge in [-0.25, -0.2) is 0 Å². The van der Waals surface area contributed by atoms with Gasteiger partial charge in [0.2, 0.25) is 0 Å². The number of hydrogen-bond acceptors (Lipinski definition) is 3. The Morgan fingerprint density at radius 3 is 2.65 bits per heavy atom. The molecule has 0 spiro atoms. The lowest BCUT2D eigenvalue weighted by molar-refractivity contribution is 0.551. The monoisotopic (exact) mass is 227 g/mol. The van der Waals surface area contributed by atoms with E-state index in [9.17, 15) is 0 Å². The van der Waals surface area contributed by atoms with E-state index in [0.717, 1.165) is 6.42 Å². The van der Waals surface area contributed by atoms with Crippen LogP contribution in [0.5, 0.6) is 0 Å². The fraction of sp³-hybridized carbons (Fsp3) is 0.214. The van der Waals surface area contributed by atoms with Gasteiger partial charge in [-0.1, -0.05) is 29.8 Å². The normalized spacial score (nSPS) is 12.4. The summed E-state index contributed by atoms with van der Waals surface area (Å²) in [6.07, 6.45) is 4.47. The summed E-state index contributed by atoms with van der Waals surface area (Å²) in [5.74, 6) is 5.64. The first-order valence-electron chi connectivity index (χ1n) is 5.71. The third kappa shape index (κ3) is 3.12. The molecule has 3 N–H and O–H groups in total. The lowest BCUT2D eigenvalue weighted by Gasteiger charge is -2.16. The standard InChI is InChI=1S/C14H17N3/c1-11-3-2-4-13(9-11)14(17-15)10-12-5-7-16-8-6-12/h2-9,14,17H,10,15H2,1H3. The molecule has 88 valence electrons. The van der Waals surface area contributed by atoms with Gasteiger partial charge < -0.3 is 0 Å². The first-order chi connectivity index (χ1) is 8.29. The van der Waals surface area contributed by atoms with E-state index in [-0.39, 0.29) is 6.04 Å². The number of benzene rings is 1. The second-order valence-electron chi connectivity index (χ2n) is 4.19. The maximum atomic E-state index is 5.64. The third-order valence-corrected chi connectivity index (χ3v) is 2.83. The van der Waals surface area contributed by atoms with E-state index >= 15 is 0 Å². The summed E-state index contributed by atoms with van der Waals surface area (Å²) in [5.41, 5.74) is 6.56. The zero-order valence-corrected chi connectivity index (χ0v) is 9.93. The predicted octanol–water partition coefficient (Wildman–Crippen LogP) is 2.14. The van der Waals surface area contributed by atoms with Crippen molar-refractivity contribution in [3.63, 3.8) is 0 Å². The molecule has 0 fully saturated rings. The molecule has 0 aliphatic heterocycles. The highest BCUT2D eigenvalue weighted by molar-refractivity contribution is 5.26. The quantitative estimate of drug-likeness (QED) is 0.621. The van der Waals surface area contributed by atoms with Gasteiger partial charge in [-0.2, -0.15) is 0 Å². The van der Waals surface area contributed by atoms with Gasteiger partial charge in [-0.3, -0.25) is 16.3 Å². The van der Waals surface area contributed by atoms with Crippen LogP contribution in [0.3, 0.4) is 0 Å². The van der Waals surface area contributed by atoms with E-state index in [4.69, 9.17) is 5.84 Å². The van der Waals surface area contributed by atoms with Crippen LogP contribution in [0.2, 0.25) is 0 Å². The van der Waals surface area contributed by atoms with Crippen LogP contribution in [0.15, 0.2) is 48.8 Å². The Morgan fingerprint density at radius 2 is 2.00 bits per heavy atom. The van der Waals surface area contributed by atoms with E-state index in [2.05, 4.69) is 41.6 Å². The number of pyridine rings is 1. The molecule has 1 heterocycles. The third-order valence-electron chi connectivity index (χ3n) is 2.83. The fourth-order valence-corrected chi connectivity index (χ4v) is 1.91. The fourth-order valence-electron chi connectivity index (χ4n) is 1.91. The Balaban J connectivity index is 2.17. The van der Waals surface area contributed by atoms with Crippen LogP contribution in [0.1, 0.15) is 22.7 Å². The van der Waals surface area contributed by atoms with Crippen molar-refractivity contribution in [3.05, 3.63) is 65.5 Å². The van der Waals surface area contributed by atoms with Crippen molar-refractivity contribution in [2.45, 2.75) is 19.4 Å². The number of nitrogens with one attached hydrogen (secondary N) is 1. The molecule has 0 aliphatic rings. The molecule has 3 heteroatoms. The molecule has 0 amide bonds. The SMILES string of the molecule is Cc1cccc(C(Cc2ccncc2)NN)c1. The van der Waals surface area contributed by atoms with E-state index in [1.165, 1.54) is 16.7 Å². The average Bonchev–Trinajstić information content (AvgIpc) is 2.37. The van der Waals surface area contributed by atoms with Gasteiger partial charge in [0.1, 0.15) is 0 Å². The van der Waals surface area contributed by atoms with Crippen molar-refractivity contribution in [1.82, 2.24) is 10.4 Å². The number of hydrazine groups is 1. The summed E-state index contributed by atoms with van der Waals surface area (Å²) in [6.45, 7) is 2.09. The van der Waals surface area contributed by atoms with Gasteiger partial charge in [0.25, 0.3) is 0 Å². The second kappa shape index (κ2) is 5.57. The highest BCUT2D eigenvalue weighted by Gasteiger charge is 2.10. The predicted molar refractivity (Wildman–Crippen MR) is 69.2 cm³/mol. The first-order valence-corrected chi connectivity index (χ1v) is 5.71. The van der Waals surface area contributed by atoms with Crippen molar-refractivity contribution in [2.75, 3.05) is 0 Å². The molecular weight excluding hydrogens is 210 g/mol. The number of aryl methyl sites for hydroxylation is 1. The first kappa shape index (κ1) is 11.8. The molecule has 0 bridgehead atoms. The average molecular weight is 227 g/mol. The highest BCUT2D eigenvalue weighted by Crippen LogP contribution is 2.18. The van der Waals surface area contributed by atoms with Crippen molar-refractivity contribution in [2.24, 2.45) is 5.84 Å². The summed E-state index contributed by atoms with van der Waals surface area (Å²) in [7, 11) is 0. The highest BCUT2D eigenvalue weighted by atomic mass is 15.2. The van der Waals surface area contributed by atoms with Crippen molar-refractivity contribution in [1.29, 1.82) is 0 Å². The summed E-state index contributed by atoms with van der Waals surface area (Å²) in [4.78, 5) is 4.01. The summed E-state index contributed by atoms with van der Waals surface area (Å²) in [5, 5.41) is 0. The van der Waals surface area contributed by atoms with Crippen LogP contribution >= 0.6 is 0 Å². The summed E-state index contributed by atoms with van der Waals surface area (Å²) < 4.78 is 0. The van der Waals surface area contributed by atoms with Crippen LogP contribution in [0.4, 0.5) is 0 Å². The van der Waals surface area contributed by atoms with Gasteiger partial charge in [0, 0.05) is 18.4 Å². The number of aromatic nitrogens is 1. The molecule has 1 atom stereocenters.